The summed E-state index contributed by atoms with van der Waals surface area (Å²) in [5.41, 5.74) is 0. The number of hydrogen-bond acceptors (Lipinski definition) is 6. The molecule has 0 fully saturated rings. The van der Waals surface area contributed by atoms with E-state index in [-0.39, 0.29) is 31.1 Å². The van der Waals surface area contributed by atoms with Gasteiger partial charge in [-0.25, -0.2) is 0 Å². The van der Waals surface area contributed by atoms with Crippen molar-refractivity contribution in [3.8, 4) is 0 Å². The second kappa shape index (κ2) is 60.4. The monoisotopic (exact) mass is 1000 g/mol. The van der Waals surface area contributed by atoms with E-state index in [2.05, 4.69) is 93.7 Å². The Kier molecular flexibility index (Phi) is 57.8. The summed E-state index contributed by atoms with van der Waals surface area (Å²) in [6.45, 7) is 6.44. The smallest absolute Gasteiger partial charge is 0.306 e. The van der Waals surface area contributed by atoms with Crippen LogP contribution in [0.2, 0.25) is 0 Å². The minimum Gasteiger partial charge on any atom is -0.462 e. The highest BCUT2D eigenvalue weighted by Gasteiger charge is 2.19. The van der Waals surface area contributed by atoms with Crippen LogP contribution < -0.4 is 0 Å². The fourth-order valence-electron chi connectivity index (χ4n) is 8.83. The zero-order valence-electron chi connectivity index (χ0n) is 47.7. The van der Waals surface area contributed by atoms with Gasteiger partial charge in [-0.2, -0.15) is 0 Å². The molecule has 6 heteroatoms. The van der Waals surface area contributed by atoms with Crippen LogP contribution in [0, 0.1) is 0 Å². The molecule has 0 radical (unpaired) electrons. The number of rotatable bonds is 56. The molecule has 0 spiro atoms. The van der Waals surface area contributed by atoms with Gasteiger partial charge in [0.25, 0.3) is 0 Å². The molecule has 72 heavy (non-hydrogen) atoms. The van der Waals surface area contributed by atoms with E-state index in [1.165, 1.54) is 154 Å². The quantitative estimate of drug-likeness (QED) is 0.0261. The first-order valence-corrected chi connectivity index (χ1v) is 30.9. The molecule has 0 aliphatic carbocycles. The number of carbonyl (C=O) groups is 3. The van der Waals surface area contributed by atoms with Gasteiger partial charge in [-0.05, 0) is 83.5 Å². The standard InChI is InChI=1S/C66H116O6/c1-4-7-10-13-16-19-21-23-24-25-26-27-28-29-30-31-32-33-34-35-36-37-38-39-40-41-42-44-45-47-50-53-56-59-65(68)71-62-63(61-70-64(67)58-55-52-49-18-15-12-9-6-3)72-66(69)60-57-54-51-48-46-43-22-20-17-14-11-8-5-2/h7,10-11,14,16,19-20,22-24,26-27,63H,4-6,8-9,12-13,15,17-18,21,25,28-62H2,1-3H3/b10-7-,14-11-,19-16-,22-20-,24-23-,27-26-. The van der Waals surface area contributed by atoms with Crippen LogP contribution in [0.15, 0.2) is 72.9 Å². The van der Waals surface area contributed by atoms with Crippen molar-refractivity contribution in [1.82, 2.24) is 0 Å². The molecule has 0 bridgehead atoms. The average Bonchev–Trinajstić information content (AvgIpc) is 3.38. The van der Waals surface area contributed by atoms with E-state index in [1.54, 1.807) is 0 Å². The highest BCUT2D eigenvalue weighted by Crippen LogP contribution is 2.17. The minimum atomic E-state index is -0.777. The van der Waals surface area contributed by atoms with Crippen molar-refractivity contribution in [2.75, 3.05) is 13.2 Å². The van der Waals surface area contributed by atoms with Crippen LogP contribution in [0.5, 0.6) is 0 Å². The zero-order valence-corrected chi connectivity index (χ0v) is 47.7. The highest BCUT2D eigenvalue weighted by molar-refractivity contribution is 5.71. The maximum atomic E-state index is 12.8. The van der Waals surface area contributed by atoms with Gasteiger partial charge in [0, 0.05) is 19.3 Å². The van der Waals surface area contributed by atoms with E-state index in [0.717, 1.165) is 116 Å². The molecule has 0 saturated carbocycles. The fourth-order valence-corrected chi connectivity index (χ4v) is 8.83. The van der Waals surface area contributed by atoms with Crippen LogP contribution >= 0.6 is 0 Å². The first-order chi connectivity index (χ1) is 35.5. The van der Waals surface area contributed by atoms with E-state index < -0.39 is 6.10 Å². The summed E-state index contributed by atoms with van der Waals surface area (Å²) >= 11 is 0. The maximum absolute atomic E-state index is 12.8. The van der Waals surface area contributed by atoms with Crippen molar-refractivity contribution < 1.29 is 28.6 Å². The summed E-state index contributed by atoms with van der Waals surface area (Å²) in [5.74, 6) is -0.884. The Bertz CT molecular complexity index is 1340. The van der Waals surface area contributed by atoms with Crippen molar-refractivity contribution in [1.29, 1.82) is 0 Å². The summed E-state index contributed by atoms with van der Waals surface area (Å²) in [7, 11) is 0. The first kappa shape index (κ1) is 68.8. The number of esters is 3. The molecule has 1 unspecified atom stereocenters. The molecule has 1 atom stereocenters. The molecule has 0 rings (SSSR count). The summed E-state index contributed by atoms with van der Waals surface area (Å²) in [5, 5.41) is 0. The van der Waals surface area contributed by atoms with Crippen LogP contribution in [0.3, 0.4) is 0 Å². The normalized spacial score (nSPS) is 12.5. The third-order valence-corrected chi connectivity index (χ3v) is 13.4. The van der Waals surface area contributed by atoms with Crippen LogP contribution in [0.1, 0.15) is 310 Å². The highest BCUT2D eigenvalue weighted by atomic mass is 16.6. The van der Waals surface area contributed by atoms with Gasteiger partial charge in [0.05, 0.1) is 0 Å². The van der Waals surface area contributed by atoms with Crippen LogP contribution in [0.25, 0.3) is 0 Å². The topological polar surface area (TPSA) is 78.9 Å². The van der Waals surface area contributed by atoms with Crippen molar-refractivity contribution in [3.63, 3.8) is 0 Å². The van der Waals surface area contributed by atoms with Gasteiger partial charge in [-0.1, -0.05) is 280 Å². The Hall–Kier alpha value is -3.15. The number of hydrogen-bond donors (Lipinski definition) is 0. The number of carbonyl (C=O) groups excluding carboxylic acids is 3. The maximum Gasteiger partial charge on any atom is 0.306 e. The lowest BCUT2D eigenvalue weighted by Gasteiger charge is -2.18. The molecule has 6 nitrogen and oxygen atoms in total. The molecular formula is C66H116O6. The second-order valence-electron chi connectivity index (χ2n) is 20.6. The fraction of sp³-hybridized carbons (Fsp3) is 0.773. The summed E-state index contributed by atoms with van der Waals surface area (Å²) < 4.78 is 16.8. The molecule has 0 amide bonds. The molecule has 0 saturated heterocycles. The van der Waals surface area contributed by atoms with Gasteiger partial charge >= 0.3 is 17.9 Å². The third-order valence-electron chi connectivity index (χ3n) is 13.4. The van der Waals surface area contributed by atoms with Crippen LogP contribution in [-0.4, -0.2) is 37.2 Å². The average molecular weight is 1010 g/mol. The van der Waals surface area contributed by atoms with E-state index in [0.29, 0.717) is 19.3 Å². The Balaban J connectivity index is 3.99. The van der Waals surface area contributed by atoms with Crippen LogP contribution in [-0.2, 0) is 28.6 Å². The van der Waals surface area contributed by atoms with E-state index in [4.69, 9.17) is 14.2 Å². The zero-order chi connectivity index (χ0) is 52.2. The molecule has 0 aromatic carbocycles. The lowest BCUT2D eigenvalue weighted by atomic mass is 10.0. The molecule has 0 heterocycles. The van der Waals surface area contributed by atoms with Crippen molar-refractivity contribution in [3.05, 3.63) is 72.9 Å². The molecule has 0 aliphatic heterocycles. The number of unbranched alkanes of at least 4 members (excludes halogenated alkanes) is 33. The lowest BCUT2D eigenvalue weighted by molar-refractivity contribution is -0.167. The predicted octanol–water partition coefficient (Wildman–Crippen LogP) is 20.9. The Morgan fingerprint density at radius 3 is 0.903 bits per heavy atom. The summed E-state index contributed by atoms with van der Waals surface area (Å²) in [4.78, 5) is 38.0. The van der Waals surface area contributed by atoms with E-state index in [1.807, 2.05) is 0 Å². The molecule has 0 aliphatic rings. The summed E-state index contributed by atoms with van der Waals surface area (Å²) in [6.07, 6.45) is 78.0. The third kappa shape index (κ3) is 57.7. The van der Waals surface area contributed by atoms with Crippen LogP contribution in [0.4, 0.5) is 0 Å². The SMILES string of the molecule is CC/C=C\C/C=C\C/C=C\C/C=C\CCCCCCCCCCCCCCCCCCCCCCC(=O)OCC(COC(=O)CCCCCCCCCC)OC(=O)CCCCCCC/C=C\C/C=C\CCC. The Labute approximate surface area is 446 Å². The molecule has 0 N–H and O–H groups in total. The van der Waals surface area contributed by atoms with Gasteiger partial charge in [0.15, 0.2) is 6.10 Å². The molecule has 0 aromatic heterocycles. The molecular weight excluding hydrogens is 889 g/mol. The van der Waals surface area contributed by atoms with Crippen molar-refractivity contribution >= 4 is 17.9 Å². The molecule has 0 aromatic rings. The van der Waals surface area contributed by atoms with Gasteiger partial charge in [0.1, 0.15) is 13.2 Å². The van der Waals surface area contributed by atoms with Crippen molar-refractivity contribution in [2.45, 2.75) is 316 Å². The van der Waals surface area contributed by atoms with Gasteiger partial charge < -0.3 is 14.2 Å². The predicted molar refractivity (Wildman–Crippen MR) is 311 cm³/mol. The van der Waals surface area contributed by atoms with E-state index in [9.17, 15) is 14.4 Å². The first-order valence-electron chi connectivity index (χ1n) is 30.9. The lowest BCUT2D eigenvalue weighted by Crippen LogP contribution is -2.30. The largest absolute Gasteiger partial charge is 0.462 e. The van der Waals surface area contributed by atoms with E-state index >= 15 is 0 Å². The Morgan fingerprint density at radius 2 is 0.569 bits per heavy atom. The number of ether oxygens (including phenoxy) is 3. The number of allylic oxidation sites excluding steroid dienone is 12. The minimum absolute atomic E-state index is 0.0766. The molecule has 416 valence electrons. The summed E-state index contributed by atoms with van der Waals surface area (Å²) in [6, 6.07) is 0. The second-order valence-corrected chi connectivity index (χ2v) is 20.6. The van der Waals surface area contributed by atoms with Gasteiger partial charge in [0.2, 0.25) is 0 Å². The van der Waals surface area contributed by atoms with Gasteiger partial charge in [-0.15, -0.1) is 0 Å². The van der Waals surface area contributed by atoms with Crippen molar-refractivity contribution in [2.24, 2.45) is 0 Å². The Morgan fingerprint density at radius 1 is 0.292 bits per heavy atom. The van der Waals surface area contributed by atoms with Gasteiger partial charge in [-0.3, -0.25) is 14.4 Å².